The fourth-order valence-electron chi connectivity index (χ4n) is 2.45. The normalized spacial score (nSPS) is 18.0. The molecule has 1 aromatic rings. The summed E-state index contributed by atoms with van der Waals surface area (Å²) in [5, 5.41) is 14.3. The molecule has 0 bridgehead atoms. The molecule has 8 nitrogen and oxygen atoms in total. The summed E-state index contributed by atoms with van der Waals surface area (Å²) >= 11 is 0. The van der Waals surface area contributed by atoms with E-state index in [9.17, 15) is 14.9 Å². The third kappa shape index (κ3) is 3.32. The highest BCUT2D eigenvalue weighted by atomic mass is 16.6. The Morgan fingerprint density at radius 1 is 1.60 bits per heavy atom. The van der Waals surface area contributed by atoms with Gasteiger partial charge in [0.25, 0.3) is 0 Å². The van der Waals surface area contributed by atoms with Crippen LogP contribution in [0.1, 0.15) is 19.8 Å². The van der Waals surface area contributed by atoms with Gasteiger partial charge in [-0.25, -0.2) is 0 Å². The zero-order valence-electron chi connectivity index (χ0n) is 11.4. The van der Waals surface area contributed by atoms with Crippen molar-refractivity contribution in [3.63, 3.8) is 0 Å². The quantitative estimate of drug-likeness (QED) is 0.634. The standard InChI is InChI=1S/C12H19N5O3/c1-9(13)10-2-5-15(6-3-10)12(18)8-16-7-4-11(14-16)17(19)20/h4,7,9-10H,2-3,5-6,8,13H2,1H3. The zero-order chi connectivity index (χ0) is 14.7. The summed E-state index contributed by atoms with van der Waals surface area (Å²) in [6, 6.07) is 1.44. The molecule has 8 heteroatoms. The fourth-order valence-corrected chi connectivity index (χ4v) is 2.45. The Kier molecular flexibility index (Phi) is 4.33. The van der Waals surface area contributed by atoms with E-state index in [0.29, 0.717) is 19.0 Å². The maximum Gasteiger partial charge on any atom is 0.389 e. The van der Waals surface area contributed by atoms with E-state index in [1.807, 2.05) is 6.92 Å². The van der Waals surface area contributed by atoms with Gasteiger partial charge in [-0.3, -0.25) is 4.79 Å². The predicted octanol–water partition coefficient (Wildman–Crippen LogP) is 0.377. The van der Waals surface area contributed by atoms with Crippen LogP contribution in [-0.4, -0.2) is 44.6 Å². The average Bonchev–Trinajstić information content (AvgIpc) is 2.87. The van der Waals surface area contributed by atoms with Gasteiger partial charge in [0.15, 0.2) is 0 Å². The van der Waals surface area contributed by atoms with Gasteiger partial charge in [0.1, 0.15) is 6.54 Å². The summed E-state index contributed by atoms with van der Waals surface area (Å²) in [6.07, 6.45) is 3.26. The van der Waals surface area contributed by atoms with Crippen LogP contribution in [0, 0.1) is 16.0 Å². The van der Waals surface area contributed by atoms with Crippen molar-refractivity contribution in [2.45, 2.75) is 32.4 Å². The van der Waals surface area contributed by atoms with Crippen molar-refractivity contribution in [2.75, 3.05) is 13.1 Å². The molecule has 1 amide bonds. The summed E-state index contributed by atoms with van der Waals surface area (Å²) in [6.45, 7) is 3.41. The molecule has 1 unspecified atom stereocenters. The summed E-state index contributed by atoms with van der Waals surface area (Å²) in [7, 11) is 0. The van der Waals surface area contributed by atoms with Crippen LogP contribution < -0.4 is 5.73 Å². The van der Waals surface area contributed by atoms with E-state index in [4.69, 9.17) is 5.73 Å². The van der Waals surface area contributed by atoms with Crippen LogP contribution in [0.3, 0.4) is 0 Å². The molecule has 2 N–H and O–H groups in total. The predicted molar refractivity (Wildman–Crippen MR) is 71.8 cm³/mol. The number of piperidine rings is 1. The number of carbonyl (C=O) groups excluding carboxylic acids is 1. The first-order valence-corrected chi connectivity index (χ1v) is 6.68. The number of hydrogen-bond donors (Lipinski definition) is 1. The molecule has 2 rings (SSSR count). The van der Waals surface area contributed by atoms with Gasteiger partial charge in [0.2, 0.25) is 5.91 Å². The minimum Gasteiger partial charge on any atom is -0.358 e. The lowest BCUT2D eigenvalue weighted by molar-refractivity contribution is -0.389. The van der Waals surface area contributed by atoms with Gasteiger partial charge in [0, 0.05) is 19.1 Å². The Labute approximate surface area is 116 Å². The van der Waals surface area contributed by atoms with Crippen molar-refractivity contribution in [3.05, 3.63) is 22.4 Å². The first-order valence-electron chi connectivity index (χ1n) is 6.68. The molecule has 1 aliphatic rings. The first-order chi connectivity index (χ1) is 9.47. The summed E-state index contributed by atoms with van der Waals surface area (Å²) in [5.74, 6) is 0.157. The Morgan fingerprint density at radius 2 is 2.25 bits per heavy atom. The van der Waals surface area contributed by atoms with E-state index in [-0.39, 0.29) is 24.3 Å². The minimum absolute atomic E-state index is 0.0384. The Balaban J connectivity index is 1.87. The molecule has 0 radical (unpaired) electrons. The number of rotatable bonds is 4. The highest BCUT2D eigenvalue weighted by Gasteiger charge is 2.25. The van der Waals surface area contributed by atoms with Gasteiger partial charge >= 0.3 is 5.82 Å². The third-order valence-corrected chi connectivity index (χ3v) is 3.75. The van der Waals surface area contributed by atoms with Gasteiger partial charge in [-0.05, 0) is 30.6 Å². The summed E-state index contributed by atoms with van der Waals surface area (Å²) < 4.78 is 1.30. The molecule has 110 valence electrons. The molecule has 1 atom stereocenters. The maximum absolute atomic E-state index is 12.1. The van der Waals surface area contributed by atoms with E-state index < -0.39 is 4.92 Å². The molecule has 1 aromatic heterocycles. The molecule has 0 aromatic carbocycles. The summed E-state index contributed by atoms with van der Waals surface area (Å²) in [4.78, 5) is 23.8. The Hall–Kier alpha value is -1.96. The van der Waals surface area contributed by atoms with Crippen LogP contribution in [0.15, 0.2) is 12.3 Å². The van der Waals surface area contributed by atoms with E-state index >= 15 is 0 Å². The van der Waals surface area contributed by atoms with Crippen LogP contribution in [0.2, 0.25) is 0 Å². The smallest absolute Gasteiger partial charge is 0.358 e. The van der Waals surface area contributed by atoms with Crippen molar-refractivity contribution < 1.29 is 9.72 Å². The first kappa shape index (κ1) is 14.4. The molecule has 1 saturated heterocycles. The van der Waals surface area contributed by atoms with E-state index in [0.717, 1.165) is 12.8 Å². The van der Waals surface area contributed by atoms with Crippen LogP contribution >= 0.6 is 0 Å². The lowest BCUT2D eigenvalue weighted by Crippen LogP contribution is -2.43. The third-order valence-electron chi connectivity index (χ3n) is 3.75. The highest BCUT2D eigenvalue weighted by Crippen LogP contribution is 2.19. The molecular formula is C12H19N5O3. The number of carbonyl (C=O) groups is 1. The maximum atomic E-state index is 12.1. The lowest BCUT2D eigenvalue weighted by atomic mass is 9.91. The molecule has 1 fully saturated rings. The second-order valence-corrected chi connectivity index (χ2v) is 5.21. The number of nitrogens with two attached hydrogens (primary N) is 1. The van der Waals surface area contributed by atoms with Crippen molar-refractivity contribution in [1.29, 1.82) is 0 Å². The number of nitrogens with zero attached hydrogens (tertiary/aromatic N) is 4. The topological polar surface area (TPSA) is 107 Å². The van der Waals surface area contributed by atoms with Crippen LogP contribution in [0.4, 0.5) is 5.82 Å². The van der Waals surface area contributed by atoms with Crippen molar-refractivity contribution in [1.82, 2.24) is 14.7 Å². The van der Waals surface area contributed by atoms with Crippen LogP contribution in [0.5, 0.6) is 0 Å². The molecule has 0 spiro atoms. The molecule has 2 heterocycles. The number of aromatic nitrogens is 2. The Bertz CT molecular complexity index is 491. The monoisotopic (exact) mass is 281 g/mol. The highest BCUT2D eigenvalue weighted by molar-refractivity contribution is 5.76. The van der Waals surface area contributed by atoms with E-state index in [1.165, 1.54) is 16.9 Å². The average molecular weight is 281 g/mol. The minimum atomic E-state index is -0.574. The van der Waals surface area contributed by atoms with E-state index in [1.54, 1.807) is 4.90 Å². The van der Waals surface area contributed by atoms with Gasteiger partial charge in [-0.1, -0.05) is 0 Å². The van der Waals surface area contributed by atoms with Crippen LogP contribution in [-0.2, 0) is 11.3 Å². The fraction of sp³-hybridized carbons (Fsp3) is 0.667. The zero-order valence-corrected chi connectivity index (χ0v) is 11.4. The van der Waals surface area contributed by atoms with Crippen LogP contribution in [0.25, 0.3) is 0 Å². The van der Waals surface area contributed by atoms with E-state index in [2.05, 4.69) is 5.10 Å². The lowest BCUT2D eigenvalue weighted by Gasteiger charge is -2.33. The second kappa shape index (κ2) is 6.00. The molecule has 1 aliphatic heterocycles. The molecule has 0 aliphatic carbocycles. The number of nitro groups is 1. The second-order valence-electron chi connectivity index (χ2n) is 5.21. The summed E-state index contributed by atoms with van der Waals surface area (Å²) in [5.41, 5.74) is 5.86. The van der Waals surface area contributed by atoms with Gasteiger partial charge < -0.3 is 20.7 Å². The van der Waals surface area contributed by atoms with Crippen molar-refractivity contribution in [3.8, 4) is 0 Å². The van der Waals surface area contributed by atoms with Crippen molar-refractivity contribution >= 4 is 11.7 Å². The van der Waals surface area contributed by atoms with Crippen molar-refractivity contribution in [2.24, 2.45) is 11.7 Å². The Morgan fingerprint density at radius 3 is 2.75 bits per heavy atom. The molecule has 20 heavy (non-hydrogen) atoms. The largest absolute Gasteiger partial charge is 0.389 e. The SMILES string of the molecule is CC(N)C1CCN(C(=O)Cn2ccc([N+](=O)[O-])n2)CC1. The van der Waals surface area contributed by atoms with Gasteiger partial charge in [-0.15, -0.1) is 0 Å². The molecule has 0 saturated carbocycles. The van der Waals surface area contributed by atoms with Gasteiger partial charge in [-0.2, -0.15) is 4.68 Å². The number of hydrogen-bond acceptors (Lipinski definition) is 5. The van der Waals surface area contributed by atoms with Gasteiger partial charge in [0.05, 0.1) is 17.4 Å². The molecular weight excluding hydrogens is 262 g/mol. The number of likely N-dealkylation sites (tertiary alicyclic amines) is 1. The number of amides is 1.